The minimum Gasteiger partial charge on any atom is -0.450 e. The van der Waals surface area contributed by atoms with E-state index in [1.807, 2.05) is 18.1 Å². The summed E-state index contributed by atoms with van der Waals surface area (Å²) in [5.41, 5.74) is 6.34. The summed E-state index contributed by atoms with van der Waals surface area (Å²) < 4.78 is 6.12. The Bertz CT molecular complexity index is 1180. The fraction of sp³-hybridized carbons (Fsp3) is 0.536. The predicted molar refractivity (Wildman–Crippen MR) is 157 cm³/mol. The quantitative estimate of drug-likeness (QED) is 0.107. The maximum absolute atomic E-state index is 12.7. The Balaban J connectivity index is 1.30. The molecule has 0 aromatic heterocycles. The monoisotopic (exact) mass is 567 g/mol. The van der Waals surface area contributed by atoms with Gasteiger partial charge in [-0.25, -0.2) is 0 Å². The van der Waals surface area contributed by atoms with Crippen LogP contribution in [0.25, 0.3) is 0 Å². The minimum absolute atomic E-state index is 0.00271. The molecule has 6 N–H and O–H groups in total. The number of hydrogen-bond donors (Lipinski definition) is 5. The van der Waals surface area contributed by atoms with Crippen molar-refractivity contribution >= 4 is 35.7 Å². The van der Waals surface area contributed by atoms with Gasteiger partial charge in [-0.1, -0.05) is 0 Å². The zero-order chi connectivity index (χ0) is 29.2. The lowest BCUT2D eigenvalue weighted by Gasteiger charge is -2.37. The molecule has 1 aromatic rings. The zero-order valence-corrected chi connectivity index (χ0v) is 23.7. The summed E-state index contributed by atoms with van der Waals surface area (Å²) in [6.07, 6.45) is 7.43. The molecule has 222 valence electrons. The van der Waals surface area contributed by atoms with Crippen molar-refractivity contribution in [1.29, 1.82) is 5.41 Å². The molecule has 3 aliphatic heterocycles. The number of hydrogen-bond acceptors (Lipinski definition) is 7. The van der Waals surface area contributed by atoms with E-state index in [0.29, 0.717) is 67.7 Å². The van der Waals surface area contributed by atoms with Crippen molar-refractivity contribution in [1.82, 2.24) is 25.3 Å². The van der Waals surface area contributed by atoms with Gasteiger partial charge in [-0.15, -0.1) is 0 Å². The first-order chi connectivity index (χ1) is 19.8. The smallest absolute Gasteiger partial charge is 0.251 e. The number of aliphatic imine (C=N–C) groups is 1. The third-order valence-electron chi connectivity index (χ3n) is 7.61. The lowest BCUT2D eigenvalue weighted by molar-refractivity contribution is -0.127. The Morgan fingerprint density at radius 3 is 2.68 bits per heavy atom. The molecule has 13 nitrogen and oxygen atoms in total. The molecule has 3 amide bonds. The van der Waals surface area contributed by atoms with Crippen LogP contribution in [-0.2, 0) is 9.59 Å². The lowest BCUT2D eigenvalue weighted by atomic mass is 10.0. The van der Waals surface area contributed by atoms with Crippen LogP contribution in [-0.4, -0.2) is 104 Å². The molecule has 0 aliphatic carbocycles. The second kappa shape index (κ2) is 14.5. The van der Waals surface area contributed by atoms with Gasteiger partial charge in [0.25, 0.3) is 5.91 Å². The van der Waals surface area contributed by atoms with E-state index in [2.05, 4.69) is 30.7 Å². The van der Waals surface area contributed by atoms with Crippen molar-refractivity contribution in [2.75, 3.05) is 58.2 Å². The Morgan fingerprint density at radius 2 is 1.98 bits per heavy atom. The molecule has 41 heavy (non-hydrogen) atoms. The highest BCUT2D eigenvalue weighted by molar-refractivity contribution is 6.12. The summed E-state index contributed by atoms with van der Waals surface area (Å²) in [5.74, 6) is 1.21. The summed E-state index contributed by atoms with van der Waals surface area (Å²) in [7, 11) is 1.99. The molecule has 2 fully saturated rings. The second-order valence-corrected chi connectivity index (χ2v) is 10.5. The SMILES string of the molecule is CN(/C=C1/Oc2ccc(C(=O)NCCCN3CCCC3=O)cc2N/C1=N/C=O)C1CCN(CCCNC(=N)N)CC1. The molecule has 1 aromatic carbocycles. The number of amidine groups is 1. The number of fused-ring (bicyclic) bond motifs is 1. The Morgan fingerprint density at radius 1 is 1.22 bits per heavy atom. The van der Waals surface area contributed by atoms with Crippen LogP contribution in [0.2, 0.25) is 0 Å². The van der Waals surface area contributed by atoms with E-state index in [0.717, 1.165) is 51.9 Å². The highest BCUT2D eigenvalue weighted by atomic mass is 16.5. The van der Waals surface area contributed by atoms with Gasteiger partial charge in [-0.3, -0.25) is 19.8 Å². The van der Waals surface area contributed by atoms with Gasteiger partial charge in [0.1, 0.15) is 0 Å². The largest absolute Gasteiger partial charge is 0.450 e. The van der Waals surface area contributed by atoms with Gasteiger partial charge >= 0.3 is 0 Å². The van der Waals surface area contributed by atoms with E-state index in [1.165, 1.54) is 0 Å². The van der Waals surface area contributed by atoms with Crippen molar-refractivity contribution in [2.24, 2.45) is 10.7 Å². The number of rotatable bonds is 12. The fourth-order valence-corrected chi connectivity index (χ4v) is 5.33. The summed E-state index contributed by atoms with van der Waals surface area (Å²) in [4.78, 5) is 46.0. The average Bonchev–Trinajstić information content (AvgIpc) is 3.38. The predicted octanol–water partition coefficient (Wildman–Crippen LogP) is 0.899. The van der Waals surface area contributed by atoms with Gasteiger partial charge < -0.3 is 41.1 Å². The van der Waals surface area contributed by atoms with Gasteiger partial charge in [-0.05, 0) is 56.8 Å². The number of carbonyl (C=O) groups is 3. The van der Waals surface area contributed by atoms with Crippen molar-refractivity contribution < 1.29 is 19.1 Å². The van der Waals surface area contributed by atoms with Crippen LogP contribution < -0.4 is 26.4 Å². The van der Waals surface area contributed by atoms with E-state index >= 15 is 0 Å². The Kier molecular flexibility index (Phi) is 10.5. The van der Waals surface area contributed by atoms with Gasteiger partial charge in [0.15, 0.2) is 23.3 Å². The van der Waals surface area contributed by atoms with Crippen LogP contribution in [0, 0.1) is 5.41 Å². The van der Waals surface area contributed by atoms with E-state index in [1.54, 1.807) is 18.2 Å². The van der Waals surface area contributed by atoms with Crippen LogP contribution in [0.1, 0.15) is 48.9 Å². The van der Waals surface area contributed by atoms with Crippen LogP contribution >= 0.6 is 0 Å². The van der Waals surface area contributed by atoms with Crippen LogP contribution in [0.4, 0.5) is 5.69 Å². The Hall–Kier alpha value is -4.13. The van der Waals surface area contributed by atoms with E-state index in [9.17, 15) is 14.4 Å². The number of anilines is 1. The number of benzene rings is 1. The number of likely N-dealkylation sites (tertiary alicyclic amines) is 2. The molecule has 0 radical (unpaired) electrons. The first kappa shape index (κ1) is 29.8. The summed E-state index contributed by atoms with van der Waals surface area (Å²) in [5, 5.41) is 16.1. The van der Waals surface area contributed by atoms with Crippen LogP contribution in [0.5, 0.6) is 5.75 Å². The summed E-state index contributed by atoms with van der Waals surface area (Å²) in [6.45, 7) is 5.50. The lowest BCUT2D eigenvalue weighted by Crippen LogP contribution is -2.43. The maximum atomic E-state index is 12.7. The first-order valence-electron chi connectivity index (χ1n) is 14.2. The molecule has 0 unspecified atom stereocenters. The zero-order valence-electron chi connectivity index (χ0n) is 23.7. The molecule has 0 spiro atoms. The van der Waals surface area contributed by atoms with Gasteiger partial charge in [0, 0.05) is 70.5 Å². The molecule has 3 aliphatic rings. The van der Waals surface area contributed by atoms with E-state index in [-0.39, 0.29) is 23.6 Å². The molecular formula is C28H41N9O4. The average molecular weight is 568 g/mol. The second-order valence-electron chi connectivity index (χ2n) is 10.5. The number of nitrogens with zero attached hydrogens (tertiary/aromatic N) is 4. The standard InChI is InChI=1S/C28H41N9O4/c1-35(21-8-15-36(16-9-21)12-3-11-32-28(29)30)18-24-26(33-19-38)34-22-17-20(6-7-23(22)41-24)27(40)31-10-4-14-37-13-2-5-25(37)39/h6-7,17-19,21H,2-5,8-16H2,1H3,(H,31,40)(H4,29,30,32)(H,33,34,38)/b24-18+. The molecule has 2 saturated heterocycles. The highest BCUT2D eigenvalue weighted by Gasteiger charge is 2.26. The van der Waals surface area contributed by atoms with E-state index < -0.39 is 0 Å². The number of guanidine groups is 1. The van der Waals surface area contributed by atoms with Crippen LogP contribution in [0.3, 0.4) is 0 Å². The fourth-order valence-electron chi connectivity index (χ4n) is 5.33. The third kappa shape index (κ3) is 8.43. The third-order valence-corrected chi connectivity index (χ3v) is 7.61. The normalized spacial score (nSPS) is 19.4. The number of nitrogens with one attached hydrogen (secondary N) is 4. The highest BCUT2D eigenvalue weighted by Crippen LogP contribution is 2.32. The molecule has 4 rings (SSSR count). The molecule has 0 bridgehead atoms. The summed E-state index contributed by atoms with van der Waals surface area (Å²) in [6, 6.07) is 5.42. The van der Waals surface area contributed by atoms with Crippen molar-refractivity contribution in [3.63, 3.8) is 0 Å². The number of ether oxygens (including phenoxy) is 1. The van der Waals surface area contributed by atoms with Crippen molar-refractivity contribution in [2.45, 2.75) is 44.6 Å². The number of amides is 3. The van der Waals surface area contributed by atoms with Gasteiger partial charge in [-0.2, -0.15) is 4.99 Å². The summed E-state index contributed by atoms with van der Waals surface area (Å²) >= 11 is 0. The number of piperidine rings is 1. The maximum Gasteiger partial charge on any atom is 0.251 e. The number of carbonyl (C=O) groups excluding carboxylic acids is 3. The van der Waals surface area contributed by atoms with Crippen LogP contribution in [0.15, 0.2) is 35.2 Å². The molecule has 0 atom stereocenters. The van der Waals surface area contributed by atoms with Crippen molar-refractivity contribution in [3.05, 3.63) is 35.7 Å². The van der Waals surface area contributed by atoms with Gasteiger partial charge in [0.05, 0.1) is 5.69 Å². The molecule has 0 saturated carbocycles. The minimum atomic E-state index is -0.223. The molecule has 13 heteroatoms. The van der Waals surface area contributed by atoms with Crippen molar-refractivity contribution in [3.8, 4) is 5.75 Å². The van der Waals surface area contributed by atoms with Gasteiger partial charge in [0.2, 0.25) is 12.3 Å². The Labute approximate surface area is 240 Å². The first-order valence-corrected chi connectivity index (χ1v) is 14.2. The van der Waals surface area contributed by atoms with E-state index in [4.69, 9.17) is 15.9 Å². The number of nitrogens with two attached hydrogens (primary N) is 1. The topological polar surface area (TPSA) is 168 Å². The molecular weight excluding hydrogens is 526 g/mol. The molecule has 3 heterocycles.